The number of hydrogen-bond donors (Lipinski definition) is 1. The monoisotopic (exact) mass is 381 g/mol. The van der Waals surface area contributed by atoms with Crippen molar-refractivity contribution in [3.8, 4) is 23.1 Å². The lowest BCUT2D eigenvalue weighted by Gasteiger charge is -2.10. The maximum Gasteiger partial charge on any atom is 0.283 e. The van der Waals surface area contributed by atoms with E-state index in [2.05, 4.69) is 15.5 Å². The number of benzene rings is 2. The number of hydrogen-bond acceptors (Lipinski definition) is 5. The van der Waals surface area contributed by atoms with Crippen LogP contribution in [0.3, 0.4) is 0 Å². The molecule has 2 aromatic heterocycles. The number of nitrogens with one attached hydrogen (secondary N) is 1. The minimum absolute atomic E-state index is 0.0826. The molecular formula is C20H13F2N3O3. The molecule has 6 nitrogen and oxygen atoms in total. The molecule has 0 atom stereocenters. The van der Waals surface area contributed by atoms with Crippen molar-refractivity contribution in [2.75, 3.05) is 5.32 Å². The van der Waals surface area contributed by atoms with Crippen molar-refractivity contribution >= 4 is 11.6 Å². The van der Waals surface area contributed by atoms with Crippen LogP contribution in [0.15, 0.2) is 75.8 Å². The third-order valence-electron chi connectivity index (χ3n) is 3.96. The zero-order valence-corrected chi connectivity index (χ0v) is 14.3. The van der Waals surface area contributed by atoms with Gasteiger partial charge < -0.3 is 14.2 Å². The molecular weight excluding hydrogens is 368 g/mol. The molecule has 4 aromatic rings. The van der Waals surface area contributed by atoms with Gasteiger partial charge in [-0.05, 0) is 36.4 Å². The molecule has 0 saturated carbocycles. The summed E-state index contributed by atoms with van der Waals surface area (Å²) >= 11 is 0. The SMILES string of the molecule is O=C(Nc1cccc(-c2nnc(-c3ccco3)o2)c1)c1ccccc1C(F)F. The van der Waals surface area contributed by atoms with Crippen LogP contribution in [-0.2, 0) is 0 Å². The van der Waals surface area contributed by atoms with Crippen LogP contribution in [0.4, 0.5) is 14.5 Å². The van der Waals surface area contributed by atoms with Gasteiger partial charge in [0.1, 0.15) is 0 Å². The van der Waals surface area contributed by atoms with Gasteiger partial charge in [0.05, 0.1) is 6.26 Å². The maximum absolute atomic E-state index is 13.1. The number of furan rings is 1. The standard InChI is InChI=1S/C20H13F2N3O3/c21-17(22)14-7-1-2-8-15(14)18(26)23-13-6-3-5-12(11-13)19-24-25-20(28-19)16-9-4-10-27-16/h1-11,17H,(H,23,26). The number of nitrogens with zero attached hydrogens (tertiary/aromatic N) is 2. The summed E-state index contributed by atoms with van der Waals surface area (Å²) in [6.45, 7) is 0. The number of amides is 1. The largest absolute Gasteiger partial charge is 0.459 e. The lowest BCUT2D eigenvalue weighted by atomic mass is 10.1. The molecule has 8 heteroatoms. The summed E-state index contributed by atoms with van der Waals surface area (Å²) in [4.78, 5) is 12.4. The Morgan fingerprint density at radius 2 is 1.79 bits per heavy atom. The van der Waals surface area contributed by atoms with Gasteiger partial charge in [-0.2, -0.15) is 0 Å². The lowest BCUT2D eigenvalue weighted by molar-refractivity contribution is 0.101. The molecule has 28 heavy (non-hydrogen) atoms. The smallest absolute Gasteiger partial charge is 0.283 e. The van der Waals surface area contributed by atoms with Gasteiger partial charge in [-0.1, -0.05) is 24.3 Å². The van der Waals surface area contributed by atoms with Crippen molar-refractivity contribution in [2.45, 2.75) is 6.43 Å². The van der Waals surface area contributed by atoms with E-state index in [1.807, 2.05) is 0 Å². The first kappa shape index (κ1) is 17.6. The normalized spacial score (nSPS) is 11.0. The van der Waals surface area contributed by atoms with Gasteiger partial charge in [0.25, 0.3) is 18.2 Å². The molecule has 2 aromatic carbocycles. The molecule has 2 heterocycles. The Kier molecular flexibility index (Phi) is 4.67. The summed E-state index contributed by atoms with van der Waals surface area (Å²) in [6, 6.07) is 15.6. The summed E-state index contributed by atoms with van der Waals surface area (Å²) in [6.07, 6.45) is -1.25. The second-order valence-electron chi connectivity index (χ2n) is 5.81. The average Bonchev–Trinajstić information content (AvgIpc) is 3.40. The molecule has 1 N–H and O–H groups in total. The predicted octanol–water partition coefficient (Wildman–Crippen LogP) is 5.19. The van der Waals surface area contributed by atoms with Crippen molar-refractivity contribution in [3.63, 3.8) is 0 Å². The fraction of sp³-hybridized carbons (Fsp3) is 0.0500. The summed E-state index contributed by atoms with van der Waals surface area (Å²) in [5, 5.41) is 10.5. The van der Waals surface area contributed by atoms with Crippen LogP contribution >= 0.6 is 0 Å². The Balaban J connectivity index is 1.57. The van der Waals surface area contributed by atoms with Gasteiger partial charge in [-0.15, -0.1) is 10.2 Å². The topological polar surface area (TPSA) is 81.2 Å². The zero-order valence-electron chi connectivity index (χ0n) is 14.3. The van der Waals surface area contributed by atoms with E-state index in [1.165, 1.54) is 30.5 Å². The van der Waals surface area contributed by atoms with Crippen LogP contribution in [0.2, 0.25) is 0 Å². The summed E-state index contributed by atoms with van der Waals surface area (Å²) in [5.74, 6) is 0.262. The number of carbonyl (C=O) groups is 1. The van der Waals surface area contributed by atoms with E-state index in [0.29, 0.717) is 17.0 Å². The number of alkyl halides is 2. The second kappa shape index (κ2) is 7.43. The molecule has 0 spiro atoms. The fourth-order valence-electron chi connectivity index (χ4n) is 2.66. The first-order valence-electron chi connectivity index (χ1n) is 8.28. The zero-order chi connectivity index (χ0) is 19.5. The van der Waals surface area contributed by atoms with E-state index in [9.17, 15) is 13.6 Å². The predicted molar refractivity (Wildman–Crippen MR) is 96.8 cm³/mol. The van der Waals surface area contributed by atoms with Crippen LogP contribution in [0.25, 0.3) is 23.1 Å². The first-order valence-corrected chi connectivity index (χ1v) is 8.28. The highest BCUT2D eigenvalue weighted by Crippen LogP contribution is 2.27. The molecule has 0 radical (unpaired) electrons. The van der Waals surface area contributed by atoms with E-state index in [0.717, 1.165) is 0 Å². The van der Waals surface area contributed by atoms with Crippen LogP contribution in [0.1, 0.15) is 22.3 Å². The van der Waals surface area contributed by atoms with Gasteiger partial charge in [0.2, 0.25) is 5.89 Å². The van der Waals surface area contributed by atoms with E-state index in [4.69, 9.17) is 8.83 Å². The fourth-order valence-corrected chi connectivity index (χ4v) is 2.66. The highest BCUT2D eigenvalue weighted by atomic mass is 19.3. The van der Waals surface area contributed by atoms with Crippen molar-refractivity contribution in [1.82, 2.24) is 10.2 Å². The summed E-state index contributed by atoms with van der Waals surface area (Å²) in [5.41, 5.74) is 0.562. The quantitative estimate of drug-likeness (QED) is 0.515. The second-order valence-corrected chi connectivity index (χ2v) is 5.81. The van der Waals surface area contributed by atoms with E-state index in [1.54, 1.807) is 36.4 Å². The van der Waals surface area contributed by atoms with Crippen molar-refractivity contribution in [2.24, 2.45) is 0 Å². The number of anilines is 1. The molecule has 0 bridgehead atoms. The van der Waals surface area contributed by atoms with E-state index >= 15 is 0 Å². The van der Waals surface area contributed by atoms with Crippen molar-refractivity contribution < 1.29 is 22.4 Å². The Morgan fingerprint density at radius 3 is 2.57 bits per heavy atom. The molecule has 4 rings (SSSR count). The van der Waals surface area contributed by atoms with Crippen LogP contribution < -0.4 is 5.32 Å². The van der Waals surface area contributed by atoms with E-state index < -0.39 is 12.3 Å². The van der Waals surface area contributed by atoms with Crippen LogP contribution in [-0.4, -0.2) is 16.1 Å². The maximum atomic E-state index is 13.1. The number of aromatic nitrogens is 2. The van der Waals surface area contributed by atoms with Crippen LogP contribution in [0.5, 0.6) is 0 Å². The van der Waals surface area contributed by atoms with Gasteiger partial charge >= 0.3 is 0 Å². The van der Waals surface area contributed by atoms with Gasteiger partial charge in [-0.25, -0.2) is 8.78 Å². The van der Waals surface area contributed by atoms with Crippen LogP contribution in [0, 0.1) is 0 Å². The summed E-state index contributed by atoms with van der Waals surface area (Å²) < 4.78 is 37.0. The molecule has 0 aliphatic carbocycles. The first-order chi connectivity index (χ1) is 13.6. The third-order valence-corrected chi connectivity index (χ3v) is 3.96. The van der Waals surface area contributed by atoms with Crippen molar-refractivity contribution in [1.29, 1.82) is 0 Å². The molecule has 0 saturated heterocycles. The van der Waals surface area contributed by atoms with Gasteiger partial charge in [0.15, 0.2) is 5.76 Å². The highest BCUT2D eigenvalue weighted by molar-refractivity contribution is 6.05. The minimum Gasteiger partial charge on any atom is -0.459 e. The third kappa shape index (κ3) is 3.52. The minimum atomic E-state index is -2.74. The molecule has 0 aliphatic heterocycles. The molecule has 140 valence electrons. The van der Waals surface area contributed by atoms with Gasteiger partial charge in [0, 0.05) is 22.4 Å². The number of carbonyl (C=O) groups excluding carboxylic acids is 1. The Labute approximate surface area is 157 Å². The Hall–Kier alpha value is -3.81. The van der Waals surface area contributed by atoms with Gasteiger partial charge in [-0.3, -0.25) is 4.79 Å². The molecule has 0 aliphatic rings. The Morgan fingerprint density at radius 1 is 0.964 bits per heavy atom. The molecule has 1 amide bonds. The molecule has 0 unspecified atom stereocenters. The lowest BCUT2D eigenvalue weighted by Crippen LogP contribution is -2.14. The summed E-state index contributed by atoms with van der Waals surface area (Å²) in [7, 11) is 0. The number of rotatable bonds is 5. The Bertz CT molecular complexity index is 1110. The highest BCUT2D eigenvalue weighted by Gasteiger charge is 2.18. The van der Waals surface area contributed by atoms with Crippen molar-refractivity contribution in [3.05, 3.63) is 78.1 Å². The number of halogens is 2. The molecule has 0 fully saturated rings. The van der Waals surface area contributed by atoms with E-state index in [-0.39, 0.29) is 22.9 Å². The average molecular weight is 381 g/mol.